The fourth-order valence-corrected chi connectivity index (χ4v) is 1.73. The van der Waals surface area contributed by atoms with Gasteiger partial charge >= 0.3 is 0 Å². The molecule has 0 atom stereocenters. The SMILES string of the molecule is CCNCC(=O)N1CCn2ccnc2C1. The van der Waals surface area contributed by atoms with E-state index >= 15 is 0 Å². The van der Waals surface area contributed by atoms with Gasteiger partial charge in [-0.1, -0.05) is 6.92 Å². The zero-order chi connectivity index (χ0) is 10.7. The Hall–Kier alpha value is -1.36. The van der Waals surface area contributed by atoms with Crippen LogP contribution in [0.25, 0.3) is 0 Å². The van der Waals surface area contributed by atoms with Gasteiger partial charge in [0.15, 0.2) is 0 Å². The Kier molecular flexibility index (Phi) is 3.01. The van der Waals surface area contributed by atoms with E-state index in [9.17, 15) is 4.79 Å². The Morgan fingerprint density at radius 3 is 3.27 bits per heavy atom. The molecule has 15 heavy (non-hydrogen) atoms. The average molecular weight is 208 g/mol. The number of hydrogen-bond acceptors (Lipinski definition) is 3. The second-order valence-corrected chi connectivity index (χ2v) is 3.63. The van der Waals surface area contributed by atoms with Crippen LogP contribution in [-0.2, 0) is 17.9 Å². The van der Waals surface area contributed by atoms with Gasteiger partial charge in [0.05, 0.1) is 13.1 Å². The van der Waals surface area contributed by atoms with Crippen LogP contribution in [-0.4, -0.2) is 40.0 Å². The molecule has 0 unspecified atom stereocenters. The minimum atomic E-state index is 0.158. The largest absolute Gasteiger partial charge is 0.332 e. The van der Waals surface area contributed by atoms with Crippen LogP contribution in [0.15, 0.2) is 12.4 Å². The van der Waals surface area contributed by atoms with Crippen LogP contribution in [0.2, 0.25) is 0 Å². The number of imidazole rings is 1. The summed E-state index contributed by atoms with van der Waals surface area (Å²) >= 11 is 0. The minimum absolute atomic E-state index is 0.158. The maximum absolute atomic E-state index is 11.7. The predicted molar refractivity (Wildman–Crippen MR) is 56.2 cm³/mol. The molecule has 1 aliphatic rings. The summed E-state index contributed by atoms with van der Waals surface area (Å²) in [5.41, 5.74) is 0. The zero-order valence-electron chi connectivity index (χ0n) is 8.94. The molecular formula is C10H16N4O. The fraction of sp³-hybridized carbons (Fsp3) is 0.600. The standard InChI is InChI=1S/C10H16N4O/c1-2-11-7-10(15)14-6-5-13-4-3-12-9(13)8-14/h3-4,11H,2,5-8H2,1H3. The Labute approximate surface area is 89.1 Å². The Morgan fingerprint density at radius 2 is 2.47 bits per heavy atom. The number of rotatable bonds is 3. The molecule has 0 bridgehead atoms. The Morgan fingerprint density at radius 1 is 1.60 bits per heavy atom. The maximum Gasteiger partial charge on any atom is 0.236 e. The third kappa shape index (κ3) is 2.18. The lowest BCUT2D eigenvalue weighted by molar-refractivity contribution is -0.131. The van der Waals surface area contributed by atoms with Crippen LogP contribution in [0.3, 0.4) is 0 Å². The van der Waals surface area contributed by atoms with Crippen molar-refractivity contribution >= 4 is 5.91 Å². The third-order valence-electron chi connectivity index (χ3n) is 2.62. The summed E-state index contributed by atoms with van der Waals surface area (Å²) in [6.07, 6.45) is 3.75. The average Bonchev–Trinajstić information content (AvgIpc) is 2.72. The lowest BCUT2D eigenvalue weighted by Crippen LogP contribution is -2.42. The number of aromatic nitrogens is 2. The second-order valence-electron chi connectivity index (χ2n) is 3.63. The van der Waals surface area contributed by atoms with Gasteiger partial charge in [-0.2, -0.15) is 0 Å². The summed E-state index contributed by atoms with van der Waals surface area (Å²) in [4.78, 5) is 17.8. The number of likely N-dealkylation sites (N-methyl/N-ethyl adjacent to an activating group) is 1. The van der Waals surface area contributed by atoms with E-state index in [1.54, 1.807) is 6.20 Å². The van der Waals surface area contributed by atoms with E-state index in [1.165, 1.54) is 0 Å². The van der Waals surface area contributed by atoms with Crippen molar-refractivity contribution in [2.75, 3.05) is 19.6 Å². The first-order valence-electron chi connectivity index (χ1n) is 5.29. The fourth-order valence-electron chi connectivity index (χ4n) is 1.73. The molecule has 0 radical (unpaired) electrons. The van der Waals surface area contributed by atoms with Crippen LogP contribution in [0.5, 0.6) is 0 Å². The van der Waals surface area contributed by atoms with E-state index in [4.69, 9.17) is 0 Å². The number of nitrogens with zero attached hydrogens (tertiary/aromatic N) is 3. The smallest absolute Gasteiger partial charge is 0.236 e. The lowest BCUT2D eigenvalue weighted by atomic mass is 10.3. The molecule has 1 aliphatic heterocycles. The molecule has 5 nitrogen and oxygen atoms in total. The van der Waals surface area contributed by atoms with Gasteiger partial charge in [0.1, 0.15) is 5.82 Å². The summed E-state index contributed by atoms with van der Waals surface area (Å²) in [6, 6.07) is 0. The molecule has 0 aliphatic carbocycles. The predicted octanol–water partition coefficient (Wildman–Crippen LogP) is -0.165. The van der Waals surface area contributed by atoms with E-state index in [-0.39, 0.29) is 5.91 Å². The second kappa shape index (κ2) is 4.44. The van der Waals surface area contributed by atoms with E-state index in [0.717, 1.165) is 25.5 Å². The van der Waals surface area contributed by atoms with Crippen molar-refractivity contribution in [1.29, 1.82) is 0 Å². The first-order chi connectivity index (χ1) is 7.31. The first kappa shape index (κ1) is 10.2. The number of amides is 1. The molecule has 82 valence electrons. The molecule has 1 N–H and O–H groups in total. The van der Waals surface area contributed by atoms with Crippen LogP contribution in [0, 0.1) is 0 Å². The molecule has 1 aromatic rings. The highest BCUT2D eigenvalue weighted by molar-refractivity contribution is 5.78. The van der Waals surface area contributed by atoms with Crippen molar-refractivity contribution in [2.24, 2.45) is 0 Å². The molecule has 0 spiro atoms. The third-order valence-corrected chi connectivity index (χ3v) is 2.62. The normalized spacial score (nSPS) is 15.1. The van der Waals surface area contributed by atoms with Crippen LogP contribution >= 0.6 is 0 Å². The van der Waals surface area contributed by atoms with Crippen LogP contribution in [0.4, 0.5) is 0 Å². The number of carbonyl (C=O) groups excluding carboxylic acids is 1. The van der Waals surface area contributed by atoms with E-state index in [2.05, 4.69) is 14.9 Å². The molecule has 2 rings (SSSR count). The van der Waals surface area contributed by atoms with Gasteiger partial charge in [-0.3, -0.25) is 4.79 Å². The van der Waals surface area contributed by atoms with Gasteiger partial charge in [0.2, 0.25) is 5.91 Å². The molecule has 0 fully saturated rings. The first-order valence-corrected chi connectivity index (χ1v) is 5.29. The van der Waals surface area contributed by atoms with Gasteiger partial charge in [-0.15, -0.1) is 0 Å². The number of nitrogens with one attached hydrogen (secondary N) is 1. The lowest BCUT2D eigenvalue weighted by Gasteiger charge is -2.27. The molecule has 1 amide bonds. The molecule has 0 aromatic carbocycles. The molecule has 5 heteroatoms. The topological polar surface area (TPSA) is 50.2 Å². The number of hydrogen-bond donors (Lipinski definition) is 1. The van der Waals surface area contributed by atoms with Crippen molar-refractivity contribution in [2.45, 2.75) is 20.0 Å². The van der Waals surface area contributed by atoms with Gasteiger partial charge in [0, 0.05) is 25.5 Å². The molecule has 0 saturated carbocycles. The van der Waals surface area contributed by atoms with E-state index in [1.807, 2.05) is 18.0 Å². The summed E-state index contributed by atoms with van der Waals surface area (Å²) in [7, 11) is 0. The summed E-state index contributed by atoms with van der Waals surface area (Å²) in [5, 5.41) is 3.04. The summed E-state index contributed by atoms with van der Waals surface area (Å²) in [5.74, 6) is 1.14. The maximum atomic E-state index is 11.7. The Balaban J connectivity index is 1.94. The van der Waals surface area contributed by atoms with Gasteiger partial charge in [0.25, 0.3) is 0 Å². The Bertz CT molecular complexity index is 347. The molecular weight excluding hydrogens is 192 g/mol. The van der Waals surface area contributed by atoms with Crippen molar-refractivity contribution in [1.82, 2.24) is 19.8 Å². The van der Waals surface area contributed by atoms with E-state index < -0.39 is 0 Å². The molecule has 1 aromatic heterocycles. The van der Waals surface area contributed by atoms with Crippen molar-refractivity contribution in [3.63, 3.8) is 0 Å². The van der Waals surface area contributed by atoms with Gasteiger partial charge < -0.3 is 14.8 Å². The van der Waals surface area contributed by atoms with Crippen molar-refractivity contribution < 1.29 is 4.79 Å². The summed E-state index contributed by atoms with van der Waals surface area (Å²) in [6.45, 7) is 5.53. The number of fused-ring (bicyclic) bond motifs is 1. The van der Waals surface area contributed by atoms with E-state index in [0.29, 0.717) is 13.1 Å². The monoisotopic (exact) mass is 208 g/mol. The highest BCUT2D eigenvalue weighted by Gasteiger charge is 2.20. The van der Waals surface area contributed by atoms with Gasteiger partial charge in [-0.05, 0) is 6.54 Å². The summed E-state index contributed by atoms with van der Waals surface area (Å²) < 4.78 is 2.09. The minimum Gasteiger partial charge on any atom is -0.332 e. The quantitative estimate of drug-likeness (QED) is 0.750. The number of carbonyl (C=O) groups is 1. The van der Waals surface area contributed by atoms with Crippen molar-refractivity contribution in [3.8, 4) is 0 Å². The molecule has 0 saturated heterocycles. The molecule has 2 heterocycles. The highest BCUT2D eigenvalue weighted by Crippen LogP contribution is 2.09. The van der Waals surface area contributed by atoms with Crippen LogP contribution < -0.4 is 5.32 Å². The van der Waals surface area contributed by atoms with Crippen molar-refractivity contribution in [3.05, 3.63) is 18.2 Å². The van der Waals surface area contributed by atoms with Crippen LogP contribution in [0.1, 0.15) is 12.7 Å². The zero-order valence-corrected chi connectivity index (χ0v) is 8.94. The van der Waals surface area contributed by atoms with Gasteiger partial charge in [-0.25, -0.2) is 4.98 Å². The highest BCUT2D eigenvalue weighted by atomic mass is 16.2.